The minimum absolute atomic E-state index is 0.129. The zero-order valence-corrected chi connectivity index (χ0v) is 10.1. The Bertz CT molecular complexity index is 292. The van der Waals surface area contributed by atoms with Crippen LogP contribution in [0.1, 0.15) is 33.6 Å². The van der Waals surface area contributed by atoms with Crippen LogP contribution >= 0.6 is 0 Å². The lowest BCUT2D eigenvalue weighted by molar-refractivity contribution is -0.217. The predicted octanol–water partition coefficient (Wildman–Crippen LogP) is 0.770. The number of nitrogens with one attached hydrogen (secondary N) is 1. The van der Waals surface area contributed by atoms with Gasteiger partial charge in [-0.1, -0.05) is 0 Å². The van der Waals surface area contributed by atoms with Gasteiger partial charge in [-0.2, -0.15) is 0 Å². The van der Waals surface area contributed by atoms with Crippen molar-refractivity contribution in [3.05, 3.63) is 0 Å². The molecule has 3 N–H and O–H groups in total. The normalized spacial score (nSPS) is 37.5. The second-order valence-corrected chi connectivity index (χ2v) is 5.73. The lowest BCUT2D eigenvalue weighted by atomic mass is 9.68. The summed E-state index contributed by atoms with van der Waals surface area (Å²) >= 11 is 0. The van der Waals surface area contributed by atoms with Gasteiger partial charge in [0.1, 0.15) is 5.60 Å². The van der Waals surface area contributed by atoms with Crippen molar-refractivity contribution >= 4 is 6.09 Å². The summed E-state index contributed by atoms with van der Waals surface area (Å²) in [7, 11) is 0. The highest BCUT2D eigenvalue weighted by Gasteiger charge is 2.56. The fraction of sp³-hybridized carbons (Fsp3) is 0.909. The summed E-state index contributed by atoms with van der Waals surface area (Å²) in [5, 5.41) is 2.82. The molecular weight excluding hydrogens is 208 g/mol. The van der Waals surface area contributed by atoms with E-state index in [9.17, 15) is 4.79 Å². The molecule has 1 heterocycles. The van der Waals surface area contributed by atoms with Gasteiger partial charge in [-0.25, -0.2) is 4.79 Å². The van der Waals surface area contributed by atoms with Crippen molar-refractivity contribution in [2.75, 3.05) is 6.61 Å². The lowest BCUT2D eigenvalue weighted by Gasteiger charge is -2.57. The van der Waals surface area contributed by atoms with E-state index in [1.54, 1.807) is 0 Å². The van der Waals surface area contributed by atoms with E-state index in [2.05, 4.69) is 5.32 Å². The number of hydrogen-bond donors (Lipinski definition) is 2. The number of rotatable bonds is 1. The van der Waals surface area contributed by atoms with Gasteiger partial charge < -0.3 is 20.5 Å². The molecule has 1 saturated heterocycles. The number of ether oxygens (including phenoxy) is 2. The molecule has 0 aromatic heterocycles. The second kappa shape index (κ2) is 3.60. The number of amides is 1. The molecule has 2 rings (SSSR count). The third kappa shape index (κ3) is 2.15. The summed E-state index contributed by atoms with van der Waals surface area (Å²) in [4.78, 5) is 11.5. The third-order valence-electron chi connectivity index (χ3n) is 3.13. The van der Waals surface area contributed by atoms with E-state index < -0.39 is 5.60 Å². The molecule has 1 aliphatic heterocycles. The first kappa shape index (κ1) is 11.7. The Kier molecular flexibility index (Phi) is 2.62. The van der Waals surface area contributed by atoms with Crippen molar-refractivity contribution in [3.63, 3.8) is 0 Å². The maximum atomic E-state index is 11.5. The fourth-order valence-corrected chi connectivity index (χ4v) is 2.19. The zero-order chi connectivity index (χ0) is 12.0. The summed E-state index contributed by atoms with van der Waals surface area (Å²) < 4.78 is 10.6. The molecule has 1 atom stereocenters. The molecule has 5 nitrogen and oxygen atoms in total. The van der Waals surface area contributed by atoms with Crippen LogP contribution in [-0.2, 0) is 9.47 Å². The van der Waals surface area contributed by atoms with Gasteiger partial charge in [-0.15, -0.1) is 0 Å². The predicted molar refractivity (Wildman–Crippen MR) is 59.1 cm³/mol. The van der Waals surface area contributed by atoms with Crippen LogP contribution < -0.4 is 11.1 Å². The molecule has 0 aromatic carbocycles. The number of hydrogen-bond acceptors (Lipinski definition) is 4. The van der Waals surface area contributed by atoms with Crippen LogP contribution in [0.2, 0.25) is 0 Å². The molecule has 92 valence electrons. The first-order valence-corrected chi connectivity index (χ1v) is 5.70. The first-order valence-electron chi connectivity index (χ1n) is 5.70. The number of alkyl carbamates (subject to hydrolysis) is 1. The van der Waals surface area contributed by atoms with E-state index in [4.69, 9.17) is 15.2 Å². The molecular formula is C11H20N2O3. The molecule has 2 aliphatic rings. The Morgan fingerprint density at radius 3 is 2.50 bits per heavy atom. The molecule has 1 saturated carbocycles. The molecule has 1 amide bonds. The minimum atomic E-state index is -0.450. The van der Waals surface area contributed by atoms with E-state index in [1.165, 1.54) is 0 Å². The smallest absolute Gasteiger partial charge is 0.407 e. The largest absolute Gasteiger partial charge is 0.444 e. The Morgan fingerprint density at radius 1 is 1.50 bits per heavy atom. The summed E-state index contributed by atoms with van der Waals surface area (Å²) in [6, 6.07) is 0.269. The van der Waals surface area contributed by atoms with Gasteiger partial charge in [0.05, 0.1) is 18.2 Å². The number of nitrogens with two attached hydrogens (primary N) is 1. The van der Waals surface area contributed by atoms with E-state index in [1.807, 2.05) is 20.8 Å². The molecule has 0 aromatic rings. The molecule has 1 unspecified atom stereocenters. The van der Waals surface area contributed by atoms with E-state index in [0.29, 0.717) is 6.61 Å². The maximum Gasteiger partial charge on any atom is 0.407 e. The Balaban J connectivity index is 1.71. The summed E-state index contributed by atoms with van der Waals surface area (Å²) in [6.07, 6.45) is 1.24. The van der Waals surface area contributed by atoms with Gasteiger partial charge in [0.15, 0.2) is 0 Å². The van der Waals surface area contributed by atoms with Gasteiger partial charge in [0.2, 0.25) is 0 Å². The maximum absolute atomic E-state index is 11.5. The Labute approximate surface area is 95.7 Å². The van der Waals surface area contributed by atoms with Gasteiger partial charge in [0.25, 0.3) is 0 Å². The van der Waals surface area contributed by atoms with Crippen LogP contribution in [0.15, 0.2) is 0 Å². The fourth-order valence-electron chi connectivity index (χ4n) is 2.19. The molecule has 0 bridgehead atoms. The van der Waals surface area contributed by atoms with E-state index in [0.717, 1.165) is 12.8 Å². The summed E-state index contributed by atoms with van der Waals surface area (Å²) in [5.41, 5.74) is 5.24. The van der Waals surface area contributed by atoms with E-state index in [-0.39, 0.29) is 23.8 Å². The molecule has 16 heavy (non-hydrogen) atoms. The van der Waals surface area contributed by atoms with Crippen LogP contribution in [0.25, 0.3) is 0 Å². The first-order chi connectivity index (χ1) is 7.31. The zero-order valence-electron chi connectivity index (χ0n) is 10.1. The standard InChI is InChI=1S/C11H20N2O3/c1-10(2,3)16-9(14)13-7-4-11(5-7)8(12)6-15-11/h7-8H,4-6,12H2,1-3H3,(H,13,14). The second-order valence-electron chi connectivity index (χ2n) is 5.73. The Hall–Kier alpha value is -0.810. The van der Waals surface area contributed by atoms with Gasteiger partial charge in [0, 0.05) is 6.04 Å². The van der Waals surface area contributed by atoms with Crippen molar-refractivity contribution in [2.45, 2.75) is 56.9 Å². The monoisotopic (exact) mass is 228 g/mol. The van der Waals surface area contributed by atoms with Gasteiger partial charge in [-0.05, 0) is 33.6 Å². The lowest BCUT2D eigenvalue weighted by Crippen LogP contribution is -2.72. The van der Waals surface area contributed by atoms with Crippen molar-refractivity contribution in [2.24, 2.45) is 5.73 Å². The van der Waals surface area contributed by atoms with Crippen LogP contribution in [0.3, 0.4) is 0 Å². The number of carbonyl (C=O) groups is 1. The molecule has 0 radical (unpaired) electrons. The molecule has 5 heteroatoms. The summed E-state index contributed by atoms with van der Waals surface area (Å²) in [6.45, 7) is 6.18. The SMILES string of the molecule is CC(C)(C)OC(=O)NC1CC2(C1)OCC2N. The molecule has 1 aliphatic carbocycles. The van der Waals surface area contributed by atoms with Crippen LogP contribution in [0.5, 0.6) is 0 Å². The average molecular weight is 228 g/mol. The van der Waals surface area contributed by atoms with Crippen molar-refractivity contribution in [1.29, 1.82) is 0 Å². The van der Waals surface area contributed by atoms with Crippen LogP contribution in [-0.4, -0.2) is 36.0 Å². The highest BCUT2D eigenvalue weighted by molar-refractivity contribution is 5.68. The van der Waals surface area contributed by atoms with E-state index >= 15 is 0 Å². The van der Waals surface area contributed by atoms with Crippen LogP contribution in [0, 0.1) is 0 Å². The minimum Gasteiger partial charge on any atom is -0.444 e. The van der Waals surface area contributed by atoms with Gasteiger partial charge >= 0.3 is 6.09 Å². The van der Waals surface area contributed by atoms with Gasteiger partial charge in [-0.3, -0.25) is 0 Å². The van der Waals surface area contributed by atoms with Crippen molar-refractivity contribution in [1.82, 2.24) is 5.32 Å². The molecule has 1 spiro atoms. The number of carbonyl (C=O) groups excluding carboxylic acids is 1. The van der Waals surface area contributed by atoms with Crippen molar-refractivity contribution < 1.29 is 14.3 Å². The highest BCUT2D eigenvalue weighted by atomic mass is 16.6. The third-order valence-corrected chi connectivity index (χ3v) is 3.13. The highest BCUT2D eigenvalue weighted by Crippen LogP contribution is 2.44. The topological polar surface area (TPSA) is 73.6 Å². The Morgan fingerprint density at radius 2 is 2.12 bits per heavy atom. The quantitative estimate of drug-likeness (QED) is 0.695. The summed E-state index contributed by atoms with van der Waals surface area (Å²) in [5.74, 6) is 0. The van der Waals surface area contributed by atoms with Crippen LogP contribution in [0.4, 0.5) is 4.79 Å². The molecule has 2 fully saturated rings. The average Bonchev–Trinajstić information content (AvgIpc) is 2.04. The van der Waals surface area contributed by atoms with Crippen molar-refractivity contribution in [3.8, 4) is 0 Å².